The lowest BCUT2D eigenvalue weighted by molar-refractivity contribution is -0.129. The van der Waals surface area contributed by atoms with Gasteiger partial charge in [-0.15, -0.1) is 0 Å². The predicted octanol–water partition coefficient (Wildman–Crippen LogP) is 5.69. The van der Waals surface area contributed by atoms with Gasteiger partial charge in [0.25, 0.3) is 0 Å². The van der Waals surface area contributed by atoms with Crippen molar-refractivity contribution in [2.75, 3.05) is 0 Å². The molecule has 3 aromatic rings. The van der Waals surface area contributed by atoms with Crippen LogP contribution in [0.1, 0.15) is 56.7 Å². The summed E-state index contributed by atoms with van der Waals surface area (Å²) in [5, 5.41) is 4.01. The van der Waals surface area contributed by atoms with E-state index in [0.717, 1.165) is 5.56 Å². The van der Waals surface area contributed by atoms with Crippen LogP contribution in [0, 0.1) is 5.82 Å². The highest BCUT2D eigenvalue weighted by Gasteiger charge is 2.36. The van der Waals surface area contributed by atoms with Gasteiger partial charge in [-0.3, -0.25) is 4.79 Å². The Hall–Kier alpha value is -2.73. The number of carbonyl (C=O) groups is 1. The maximum Gasteiger partial charge on any atom is 0.249 e. The van der Waals surface area contributed by atoms with Crippen molar-refractivity contribution < 1.29 is 13.7 Å². The van der Waals surface area contributed by atoms with E-state index < -0.39 is 5.82 Å². The first kappa shape index (κ1) is 20.5. The van der Waals surface area contributed by atoms with Crippen LogP contribution in [-0.4, -0.2) is 20.9 Å². The highest BCUT2D eigenvalue weighted by atomic mass is 35.5. The predicted molar refractivity (Wildman–Crippen MR) is 112 cm³/mol. The van der Waals surface area contributed by atoms with Gasteiger partial charge in [-0.25, -0.2) is 4.39 Å². The van der Waals surface area contributed by atoms with Crippen molar-refractivity contribution in [3.05, 3.63) is 70.3 Å². The second kappa shape index (κ2) is 7.84. The second-order valence-electron chi connectivity index (χ2n) is 8.61. The third-order valence-corrected chi connectivity index (χ3v) is 5.71. The summed E-state index contributed by atoms with van der Waals surface area (Å²) in [5.41, 5.74) is 2.84. The molecule has 2 heterocycles. The van der Waals surface area contributed by atoms with E-state index in [0.29, 0.717) is 30.8 Å². The van der Waals surface area contributed by atoms with Gasteiger partial charge in [0.2, 0.25) is 17.6 Å². The fourth-order valence-electron chi connectivity index (χ4n) is 3.62. The minimum absolute atomic E-state index is 0.0347. The molecule has 5 nitrogen and oxygen atoms in total. The summed E-state index contributed by atoms with van der Waals surface area (Å²) in [6.45, 7) is 6.98. The van der Waals surface area contributed by atoms with Crippen LogP contribution in [0.25, 0.3) is 11.4 Å². The zero-order valence-electron chi connectivity index (χ0n) is 17.2. The number of rotatable bonds is 4. The maximum absolute atomic E-state index is 13.8. The lowest BCUT2D eigenvalue weighted by Crippen LogP contribution is -2.27. The molecule has 1 saturated heterocycles. The van der Waals surface area contributed by atoms with Crippen molar-refractivity contribution in [3.63, 3.8) is 0 Å². The number of benzene rings is 2. The summed E-state index contributed by atoms with van der Waals surface area (Å²) in [5.74, 6) is 0.140. The Balaban J connectivity index is 1.55. The number of hydrogen-bond donors (Lipinski definition) is 0. The van der Waals surface area contributed by atoms with Crippen LogP contribution in [-0.2, 0) is 16.8 Å². The standard InChI is InChI=1S/C23H23ClFN3O2/c1-23(2,3)16-7-4-14(5-8-16)13-28-19(10-11-20(28)29)22-26-21(27-30-22)15-6-9-17(24)18(25)12-15/h4-9,12,19H,10-11,13H2,1-3H3. The molecule has 0 bridgehead atoms. The summed E-state index contributed by atoms with van der Waals surface area (Å²) < 4.78 is 19.2. The summed E-state index contributed by atoms with van der Waals surface area (Å²) in [6.07, 6.45) is 1.04. The number of likely N-dealkylation sites (tertiary alicyclic amines) is 1. The lowest BCUT2D eigenvalue weighted by Gasteiger charge is -2.23. The number of amides is 1. The Bertz CT molecular complexity index is 1070. The van der Waals surface area contributed by atoms with Gasteiger partial charge in [0, 0.05) is 18.5 Å². The average Bonchev–Trinajstić information content (AvgIpc) is 3.31. The summed E-state index contributed by atoms with van der Waals surface area (Å²) in [7, 11) is 0. The molecule has 30 heavy (non-hydrogen) atoms. The summed E-state index contributed by atoms with van der Waals surface area (Å²) >= 11 is 5.74. The topological polar surface area (TPSA) is 59.2 Å². The minimum Gasteiger partial charge on any atom is -0.337 e. The van der Waals surface area contributed by atoms with E-state index in [1.807, 2.05) is 0 Å². The Kier molecular flexibility index (Phi) is 5.36. The molecule has 1 unspecified atom stereocenters. The largest absolute Gasteiger partial charge is 0.337 e. The fraction of sp³-hybridized carbons (Fsp3) is 0.348. The van der Waals surface area contributed by atoms with Crippen molar-refractivity contribution in [2.45, 2.75) is 51.6 Å². The molecule has 2 aromatic carbocycles. The number of halogens is 2. The molecule has 0 N–H and O–H groups in total. The molecule has 0 spiro atoms. The quantitative estimate of drug-likeness (QED) is 0.536. The normalized spacial score (nSPS) is 17.0. The van der Waals surface area contributed by atoms with Crippen molar-refractivity contribution in [3.8, 4) is 11.4 Å². The Morgan fingerprint density at radius 2 is 1.93 bits per heavy atom. The van der Waals surface area contributed by atoms with Crippen molar-refractivity contribution in [1.29, 1.82) is 0 Å². The molecular formula is C23H23ClFN3O2. The molecule has 0 saturated carbocycles. The molecule has 1 aliphatic rings. The highest BCUT2D eigenvalue weighted by Crippen LogP contribution is 2.34. The first-order chi connectivity index (χ1) is 14.2. The van der Waals surface area contributed by atoms with Gasteiger partial charge in [-0.1, -0.05) is 61.8 Å². The summed E-state index contributed by atoms with van der Waals surface area (Å²) in [6, 6.07) is 12.4. The number of nitrogens with zero attached hydrogens (tertiary/aromatic N) is 3. The van der Waals surface area contributed by atoms with E-state index in [2.05, 4.69) is 55.2 Å². The van der Waals surface area contributed by atoms with Gasteiger partial charge >= 0.3 is 0 Å². The smallest absolute Gasteiger partial charge is 0.249 e. The third-order valence-electron chi connectivity index (χ3n) is 5.41. The van der Waals surface area contributed by atoms with Gasteiger partial charge in [0.15, 0.2) is 0 Å². The van der Waals surface area contributed by atoms with E-state index in [9.17, 15) is 9.18 Å². The van der Waals surface area contributed by atoms with E-state index in [4.69, 9.17) is 16.1 Å². The van der Waals surface area contributed by atoms with Crippen LogP contribution in [0.15, 0.2) is 47.0 Å². The van der Waals surface area contributed by atoms with Gasteiger partial charge in [0.1, 0.15) is 11.9 Å². The first-order valence-electron chi connectivity index (χ1n) is 9.90. The van der Waals surface area contributed by atoms with Gasteiger partial charge in [-0.2, -0.15) is 4.98 Å². The average molecular weight is 428 g/mol. The number of carbonyl (C=O) groups excluding carboxylic acids is 1. The van der Waals surface area contributed by atoms with Crippen LogP contribution in [0.5, 0.6) is 0 Å². The van der Waals surface area contributed by atoms with Crippen LogP contribution >= 0.6 is 11.6 Å². The van der Waals surface area contributed by atoms with Crippen molar-refractivity contribution >= 4 is 17.5 Å². The SMILES string of the molecule is CC(C)(C)c1ccc(CN2C(=O)CCC2c2nc(-c3ccc(Cl)c(F)c3)no2)cc1. The van der Waals surface area contributed by atoms with E-state index in [1.54, 1.807) is 11.0 Å². The molecule has 4 rings (SSSR count). The molecule has 1 fully saturated rings. The molecule has 0 radical (unpaired) electrons. The molecule has 7 heteroatoms. The summed E-state index contributed by atoms with van der Waals surface area (Å²) in [4.78, 5) is 18.7. The molecule has 156 valence electrons. The van der Waals surface area contributed by atoms with Crippen molar-refractivity contribution in [1.82, 2.24) is 15.0 Å². The third kappa shape index (κ3) is 4.10. The van der Waals surface area contributed by atoms with Crippen LogP contribution in [0.4, 0.5) is 4.39 Å². The Morgan fingerprint density at radius 3 is 2.60 bits per heavy atom. The zero-order chi connectivity index (χ0) is 21.5. The molecule has 1 aliphatic heterocycles. The van der Waals surface area contributed by atoms with Gasteiger partial charge in [0.05, 0.1) is 5.02 Å². The number of hydrogen-bond acceptors (Lipinski definition) is 4. The van der Waals surface area contributed by atoms with E-state index in [-0.39, 0.29) is 28.2 Å². The molecule has 1 amide bonds. The zero-order valence-corrected chi connectivity index (χ0v) is 17.9. The second-order valence-corrected chi connectivity index (χ2v) is 9.02. The minimum atomic E-state index is -0.545. The van der Waals surface area contributed by atoms with Crippen LogP contribution < -0.4 is 0 Å². The lowest BCUT2D eigenvalue weighted by atomic mass is 9.87. The molecular weight excluding hydrogens is 405 g/mol. The molecule has 0 aliphatic carbocycles. The van der Waals surface area contributed by atoms with Crippen molar-refractivity contribution in [2.24, 2.45) is 0 Å². The monoisotopic (exact) mass is 427 g/mol. The maximum atomic E-state index is 13.8. The number of aromatic nitrogens is 2. The van der Waals surface area contributed by atoms with Gasteiger partial charge in [-0.05, 0) is 41.2 Å². The molecule has 1 atom stereocenters. The Morgan fingerprint density at radius 1 is 1.20 bits per heavy atom. The van der Waals surface area contributed by atoms with E-state index >= 15 is 0 Å². The van der Waals surface area contributed by atoms with E-state index in [1.165, 1.54) is 17.7 Å². The van der Waals surface area contributed by atoms with Gasteiger partial charge < -0.3 is 9.42 Å². The highest BCUT2D eigenvalue weighted by molar-refractivity contribution is 6.30. The van der Waals surface area contributed by atoms with Crippen LogP contribution in [0.2, 0.25) is 5.02 Å². The molecule has 1 aromatic heterocycles. The Labute approximate surface area is 179 Å². The van der Waals surface area contributed by atoms with Crippen LogP contribution in [0.3, 0.4) is 0 Å². The first-order valence-corrected chi connectivity index (χ1v) is 10.3. The fourth-order valence-corrected chi connectivity index (χ4v) is 3.74.